The van der Waals surface area contributed by atoms with Crippen molar-refractivity contribution in [3.05, 3.63) is 33.6 Å². The molecule has 0 saturated heterocycles. The van der Waals surface area contributed by atoms with Gasteiger partial charge in [0.05, 0.1) is 16.7 Å². The van der Waals surface area contributed by atoms with E-state index in [4.69, 9.17) is 5.84 Å². The maximum Gasteiger partial charge on any atom is 0.285 e. The first-order chi connectivity index (χ1) is 8.36. The molecule has 1 aromatic rings. The molecule has 0 saturated carbocycles. The molecule has 0 bridgehead atoms. The largest absolute Gasteiger partial charge is 0.321 e. The molecule has 98 valence electrons. The third kappa shape index (κ3) is 2.90. The van der Waals surface area contributed by atoms with Gasteiger partial charge in [-0.3, -0.25) is 26.2 Å². The Morgan fingerprint density at radius 2 is 2.11 bits per heavy atom. The number of nitro groups is 1. The summed E-state index contributed by atoms with van der Waals surface area (Å²) >= 11 is 0. The van der Waals surface area contributed by atoms with Crippen LogP contribution in [0.4, 0.5) is 15.8 Å². The molecule has 0 atom stereocenters. The highest BCUT2D eigenvalue weighted by Crippen LogP contribution is 2.25. The van der Waals surface area contributed by atoms with E-state index in [1.165, 1.54) is 19.1 Å². The fourth-order valence-corrected chi connectivity index (χ4v) is 1.27. The quantitative estimate of drug-likeness (QED) is 0.404. The van der Waals surface area contributed by atoms with Crippen molar-refractivity contribution in [2.24, 2.45) is 5.84 Å². The predicted molar refractivity (Wildman–Crippen MR) is 62.0 cm³/mol. The molecule has 1 aromatic carbocycles. The first-order valence-electron chi connectivity index (χ1n) is 4.79. The highest BCUT2D eigenvalue weighted by atomic mass is 19.1. The molecule has 18 heavy (non-hydrogen) atoms. The zero-order valence-electron chi connectivity index (χ0n) is 9.73. The summed E-state index contributed by atoms with van der Waals surface area (Å²) in [5.41, 5.74) is 3.22. The van der Waals surface area contributed by atoms with Crippen LogP contribution in [-0.2, 0) is 0 Å². The predicted octanol–water partition coefficient (Wildman–Crippen LogP) is 0.226. The van der Waals surface area contributed by atoms with Crippen LogP contribution in [0.2, 0.25) is 0 Å². The molecule has 0 unspecified atom stereocenters. The number of nitro benzene ring substituents is 1. The Bertz CT molecular complexity index is 491. The second-order valence-electron chi connectivity index (χ2n) is 3.59. The zero-order valence-corrected chi connectivity index (χ0v) is 9.73. The molecule has 8 nitrogen and oxygen atoms in total. The van der Waals surface area contributed by atoms with Gasteiger partial charge in [0.1, 0.15) is 5.56 Å². The first kappa shape index (κ1) is 13.8. The molecule has 0 aliphatic carbocycles. The Kier molecular flexibility index (Phi) is 4.13. The minimum Gasteiger partial charge on any atom is -0.321 e. The Balaban J connectivity index is 3.30. The Hall–Kier alpha value is -2.26. The van der Waals surface area contributed by atoms with E-state index < -0.39 is 22.3 Å². The van der Waals surface area contributed by atoms with Gasteiger partial charge < -0.3 is 5.43 Å². The molecule has 0 aliphatic heterocycles. The normalized spacial score (nSPS) is 10.3. The number of halogens is 1. The minimum atomic E-state index is -0.911. The summed E-state index contributed by atoms with van der Waals surface area (Å²) in [7, 11) is 3.07. The smallest absolute Gasteiger partial charge is 0.285 e. The third-order valence-corrected chi connectivity index (χ3v) is 2.01. The number of benzene rings is 1. The van der Waals surface area contributed by atoms with Crippen molar-refractivity contribution in [3.63, 3.8) is 0 Å². The highest BCUT2D eigenvalue weighted by molar-refractivity contribution is 5.98. The van der Waals surface area contributed by atoms with Crippen molar-refractivity contribution in [2.75, 3.05) is 19.5 Å². The number of hydrogen-bond acceptors (Lipinski definition) is 6. The van der Waals surface area contributed by atoms with Crippen LogP contribution in [-0.4, -0.2) is 29.9 Å². The number of nitrogens with one attached hydrogen (secondary N) is 2. The van der Waals surface area contributed by atoms with E-state index in [0.29, 0.717) is 6.07 Å². The number of carbonyl (C=O) groups excluding carboxylic acids is 1. The van der Waals surface area contributed by atoms with Gasteiger partial charge in [-0.15, -0.1) is 0 Å². The molecule has 4 N–H and O–H groups in total. The average molecular weight is 257 g/mol. The van der Waals surface area contributed by atoms with E-state index in [9.17, 15) is 19.3 Å². The zero-order chi connectivity index (χ0) is 13.9. The van der Waals surface area contributed by atoms with E-state index in [-0.39, 0.29) is 11.3 Å². The summed E-state index contributed by atoms with van der Waals surface area (Å²) in [5.74, 6) is 3.40. The summed E-state index contributed by atoms with van der Waals surface area (Å²) < 4.78 is 13.3. The monoisotopic (exact) mass is 257 g/mol. The van der Waals surface area contributed by atoms with Gasteiger partial charge in [0.2, 0.25) is 0 Å². The van der Waals surface area contributed by atoms with Crippen LogP contribution in [0.1, 0.15) is 10.4 Å². The molecule has 0 spiro atoms. The number of anilines is 1. The molecule has 0 heterocycles. The van der Waals surface area contributed by atoms with Crippen molar-refractivity contribution in [2.45, 2.75) is 0 Å². The van der Waals surface area contributed by atoms with Gasteiger partial charge >= 0.3 is 0 Å². The van der Waals surface area contributed by atoms with E-state index in [0.717, 1.165) is 6.07 Å². The molecule has 0 aliphatic rings. The van der Waals surface area contributed by atoms with Crippen molar-refractivity contribution < 1.29 is 14.1 Å². The average Bonchev–Trinajstić information content (AvgIpc) is 2.27. The van der Waals surface area contributed by atoms with E-state index in [1.807, 2.05) is 5.43 Å². The fourth-order valence-electron chi connectivity index (χ4n) is 1.27. The number of hydrazine groups is 2. The minimum absolute atomic E-state index is 0.204. The number of hydrogen-bond donors (Lipinski definition) is 3. The van der Waals surface area contributed by atoms with E-state index >= 15 is 0 Å². The summed E-state index contributed by atoms with van der Waals surface area (Å²) in [6.07, 6.45) is 0. The first-order valence-corrected chi connectivity index (χ1v) is 4.79. The fraction of sp³-hybridized carbons (Fsp3) is 0.222. The lowest BCUT2D eigenvalue weighted by molar-refractivity contribution is -0.385. The summed E-state index contributed by atoms with van der Waals surface area (Å²) in [4.78, 5) is 21.6. The number of amides is 1. The molecular formula is C9H12FN5O3. The number of nitrogens with zero attached hydrogens (tertiary/aromatic N) is 2. The van der Waals surface area contributed by atoms with Gasteiger partial charge in [-0.25, -0.2) is 9.40 Å². The second kappa shape index (κ2) is 5.38. The van der Waals surface area contributed by atoms with Gasteiger partial charge in [0.15, 0.2) is 5.82 Å². The second-order valence-corrected chi connectivity index (χ2v) is 3.59. The van der Waals surface area contributed by atoms with Crippen LogP contribution in [0.5, 0.6) is 0 Å². The van der Waals surface area contributed by atoms with Crippen LogP contribution in [0.15, 0.2) is 12.1 Å². The molecule has 0 radical (unpaired) electrons. The standard InChI is InChI=1S/C9H12FN5O3/c1-14(2)13-9(16)5-3-7(12-11)6(10)4-8(5)15(17)18/h3-4,12H,11H2,1-2H3,(H,13,16). The Morgan fingerprint density at radius 3 is 2.56 bits per heavy atom. The van der Waals surface area contributed by atoms with Gasteiger partial charge in [-0.1, -0.05) is 0 Å². The Morgan fingerprint density at radius 1 is 1.50 bits per heavy atom. The third-order valence-electron chi connectivity index (χ3n) is 2.01. The molecule has 9 heteroatoms. The molecule has 1 rings (SSSR count). The van der Waals surface area contributed by atoms with Crippen LogP contribution in [0.3, 0.4) is 0 Å². The van der Waals surface area contributed by atoms with E-state index in [1.54, 1.807) is 0 Å². The molecule has 1 amide bonds. The lowest BCUT2D eigenvalue weighted by Gasteiger charge is -2.12. The topological polar surface area (TPSA) is 114 Å². The molecule has 0 aromatic heterocycles. The van der Waals surface area contributed by atoms with Crippen LogP contribution < -0.4 is 16.7 Å². The number of rotatable bonds is 4. The van der Waals surface area contributed by atoms with Crippen LogP contribution >= 0.6 is 0 Å². The van der Waals surface area contributed by atoms with Crippen LogP contribution in [0, 0.1) is 15.9 Å². The van der Waals surface area contributed by atoms with Gasteiger partial charge in [0, 0.05) is 14.1 Å². The summed E-state index contributed by atoms with van der Waals surface area (Å²) in [5, 5.41) is 12.1. The summed E-state index contributed by atoms with van der Waals surface area (Å²) in [6.45, 7) is 0. The van der Waals surface area contributed by atoms with Gasteiger partial charge in [-0.05, 0) is 6.07 Å². The van der Waals surface area contributed by atoms with Crippen molar-refractivity contribution in [1.29, 1.82) is 0 Å². The lowest BCUT2D eigenvalue weighted by Crippen LogP contribution is -2.36. The lowest BCUT2D eigenvalue weighted by atomic mass is 10.1. The van der Waals surface area contributed by atoms with E-state index in [2.05, 4.69) is 5.43 Å². The summed E-state index contributed by atoms with van der Waals surface area (Å²) in [6, 6.07) is 1.62. The van der Waals surface area contributed by atoms with Crippen molar-refractivity contribution >= 4 is 17.3 Å². The van der Waals surface area contributed by atoms with Gasteiger partial charge in [-0.2, -0.15) is 0 Å². The molecular weight excluding hydrogens is 245 g/mol. The maximum atomic E-state index is 13.3. The number of nitrogens with two attached hydrogens (primary N) is 1. The van der Waals surface area contributed by atoms with Crippen LogP contribution in [0.25, 0.3) is 0 Å². The maximum absolute atomic E-state index is 13.3. The molecule has 0 fully saturated rings. The Labute approximate surface area is 102 Å². The van der Waals surface area contributed by atoms with Gasteiger partial charge in [0.25, 0.3) is 11.6 Å². The highest BCUT2D eigenvalue weighted by Gasteiger charge is 2.23. The SMILES string of the molecule is CN(C)NC(=O)c1cc(NN)c(F)cc1[N+](=O)[O-]. The number of carbonyl (C=O) groups is 1. The van der Waals surface area contributed by atoms with Crippen molar-refractivity contribution in [1.82, 2.24) is 10.4 Å². The van der Waals surface area contributed by atoms with Crippen molar-refractivity contribution in [3.8, 4) is 0 Å². The number of nitrogen functional groups attached to an aromatic ring is 1.